The van der Waals surface area contributed by atoms with Crippen molar-refractivity contribution in [2.75, 3.05) is 46.3 Å². The molecule has 3 rings (SSSR count). The lowest BCUT2D eigenvalue weighted by Crippen LogP contribution is -2.59. The van der Waals surface area contributed by atoms with Gasteiger partial charge in [-0.25, -0.2) is 0 Å². The van der Waals surface area contributed by atoms with E-state index in [0.29, 0.717) is 12.3 Å². The zero-order chi connectivity index (χ0) is 17.0. The third kappa shape index (κ3) is 3.50. The Labute approximate surface area is 146 Å². The smallest absolute Gasteiger partial charge is 0.222 e. The van der Waals surface area contributed by atoms with Gasteiger partial charge in [0.2, 0.25) is 5.91 Å². The predicted octanol–water partition coefficient (Wildman–Crippen LogP) is 2.55. The van der Waals surface area contributed by atoms with Gasteiger partial charge in [0.05, 0.1) is 0 Å². The van der Waals surface area contributed by atoms with E-state index in [1.807, 2.05) is 0 Å². The van der Waals surface area contributed by atoms with Gasteiger partial charge in [0.15, 0.2) is 0 Å². The Balaban J connectivity index is 1.75. The summed E-state index contributed by atoms with van der Waals surface area (Å²) in [7, 11) is 2.22. The Morgan fingerprint density at radius 1 is 1.00 bits per heavy atom. The number of nitrogens with zero attached hydrogens (tertiary/aromatic N) is 3. The van der Waals surface area contributed by atoms with Crippen LogP contribution in [0.15, 0.2) is 30.3 Å². The molecule has 0 saturated carbocycles. The second-order valence-corrected chi connectivity index (χ2v) is 7.32. The summed E-state index contributed by atoms with van der Waals surface area (Å²) in [6, 6.07) is 11.0. The third-order valence-electron chi connectivity index (χ3n) is 5.83. The highest BCUT2D eigenvalue weighted by Crippen LogP contribution is 2.39. The summed E-state index contributed by atoms with van der Waals surface area (Å²) in [5, 5.41) is 0. The molecule has 2 aliphatic rings. The molecular formula is C20H31N3O. The number of piperidine rings is 1. The average Bonchev–Trinajstić information content (AvgIpc) is 2.64. The molecule has 1 aromatic rings. The summed E-state index contributed by atoms with van der Waals surface area (Å²) in [6.45, 7) is 8.11. The second kappa shape index (κ2) is 7.66. The molecule has 0 spiro atoms. The van der Waals surface area contributed by atoms with E-state index < -0.39 is 0 Å². The van der Waals surface area contributed by atoms with Gasteiger partial charge in [-0.2, -0.15) is 0 Å². The quantitative estimate of drug-likeness (QED) is 0.849. The first kappa shape index (κ1) is 17.4. The van der Waals surface area contributed by atoms with E-state index in [1.54, 1.807) is 0 Å². The van der Waals surface area contributed by atoms with Crippen molar-refractivity contribution in [2.45, 2.75) is 38.1 Å². The van der Waals surface area contributed by atoms with Gasteiger partial charge >= 0.3 is 0 Å². The summed E-state index contributed by atoms with van der Waals surface area (Å²) in [6.07, 6.45) is 3.99. The SMILES string of the molecule is CCCC(=O)N1CCN(C2(c3ccccc3)CCN(C)CC2)CC1. The number of carbonyl (C=O) groups excluding carboxylic acids is 1. The topological polar surface area (TPSA) is 26.8 Å². The molecule has 132 valence electrons. The van der Waals surface area contributed by atoms with Gasteiger partial charge in [-0.05, 0) is 45.0 Å². The number of benzene rings is 1. The molecule has 24 heavy (non-hydrogen) atoms. The van der Waals surface area contributed by atoms with E-state index >= 15 is 0 Å². The molecule has 0 aromatic heterocycles. The predicted molar refractivity (Wildman–Crippen MR) is 97.9 cm³/mol. The Kier molecular flexibility index (Phi) is 5.57. The number of carbonyl (C=O) groups is 1. The lowest BCUT2D eigenvalue weighted by Gasteiger charge is -2.51. The normalized spacial score (nSPS) is 22.5. The lowest BCUT2D eigenvalue weighted by atomic mass is 9.79. The van der Waals surface area contributed by atoms with Crippen molar-refractivity contribution in [1.82, 2.24) is 14.7 Å². The molecule has 0 atom stereocenters. The number of likely N-dealkylation sites (tertiary alicyclic amines) is 1. The van der Waals surface area contributed by atoms with Crippen LogP contribution in [-0.2, 0) is 10.3 Å². The second-order valence-electron chi connectivity index (χ2n) is 7.32. The highest BCUT2D eigenvalue weighted by Gasteiger charge is 2.42. The van der Waals surface area contributed by atoms with Crippen LogP contribution in [0.2, 0.25) is 0 Å². The van der Waals surface area contributed by atoms with E-state index in [2.05, 4.69) is 59.0 Å². The van der Waals surface area contributed by atoms with Crippen LogP contribution in [0.25, 0.3) is 0 Å². The summed E-state index contributed by atoms with van der Waals surface area (Å²) in [5.41, 5.74) is 1.60. The summed E-state index contributed by atoms with van der Waals surface area (Å²) >= 11 is 0. The molecule has 1 amide bonds. The van der Waals surface area contributed by atoms with Gasteiger partial charge in [-0.15, -0.1) is 0 Å². The Hall–Kier alpha value is -1.39. The monoisotopic (exact) mass is 329 g/mol. The highest BCUT2D eigenvalue weighted by atomic mass is 16.2. The molecule has 4 nitrogen and oxygen atoms in total. The minimum atomic E-state index is 0.146. The van der Waals surface area contributed by atoms with E-state index in [-0.39, 0.29) is 5.54 Å². The maximum absolute atomic E-state index is 12.2. The van der Waals surface area contributed by atoms with Crippen molar-refractivity contribution in [1.29, 1.82) is 0 Å². The standard InChI is InChI=1S/C20H31N3O/c1-3-7-19(24)22-14-16-23(17-15-22)20(10-12-21(2)13-11-20)18-8-5-4-6-9-18/h4-6,8-9H,3,7,10-17H2,1-2H3. The molecule has 2 saturated heterocycles. The minimum absolute atomic E-state index is 0.146. The van der Waals surface area contributed by atoms with Gasteiger partial charge in [-0.1, -0.05) is 37.3 Å². The van der Waals surface area contributed by atoms with Crippen LogP contribution in [0.4, 0.5) is 0 Å². The Bertz CT molecular complexity index is 529. The van der Waals surface area contributed by atoms with Crippen LogP contribution in [-0.4, -0.2) is 66.9 Å². The third-order valence-corrected chi connectivity index (χ3v) is 5.83. The molecule has 0 aliphatic carbocycles. The first-order chi connectivity index (χ1) is 11.7. The summed E-state index contributed by atoms with van der Waals surface area (Å²) in [4.78, 5) is 19.3. The van der Waals surface area contributed by atoms with Crippen LogP contribution < -0.4 is 0 Å². The van der Waals surface area contributed by atoms with Gasteiger partial charge in [0, 0.05) is 38.1 Å². The number of rotatable bonds is 4. The van der Waals surface area contributed by atoms with Gasteiger partial charge in [0.25, 0.3) is 0 Å². The molecule has 0 unspecified atom stereocenters. The molecule has 1 aromatic carbocycles. The number of hydrogen-bond donors (Lipinski definition) is 0. The van der Waals surface area contributed by atoms with E-state index in [4.69, 9.17) is 0 Å². The largest absolute Gasteiger partial charge is 0.340 e. The molecule has 2 heterocycles. The van der Waals surface area contributed by atoms with E-state index in [1.165, 1.54) is 18.4 Å². The van der Waals surface area contributed by atoms with Crippen molar-refractivity contribution in [3.8, 4) is 0 Å². The van der Waals surface area contributed by atoms with Crippen molar-refractivity contribution >= 4 is 5.91 Å². The molecule has 4 heteroatoms. The highest BCUT2D eigenvalue weighted by molar-refractivity contribution is 5.76. The van der Waals surface area contributed by atoms with Crippen LogP contribution in [0.5, 0.6) is 0 Å². The maximum atomic E-state index is 12.2. The zero-order valence-electron chi connectivity index (χ0n) is 15.2. The van der Waals surface area contributed by atoms with Gasteiger partial charge in [0.1, 0.15) is 0 Å². The van der Waals surface area contributed by atoms with Crippen molar-refractivity contribution in [3.63, 3.8) is 0 Å². The summed E-state index contributed by atoms with van der Waals surface area (Å²) < 4.78 is 0. The van der Waals surface area contributed by atoms with Gasteiger partial charge in [-0.3, -0.25) is 9.69 Å². The molecule has 0 radical (unpaired) electrons. The van der Waals surface area contributed by atoms with Crippen molar-refractivity contribution < 1.29 is 4.79 Å². The van der Waals surface area contributed by atoms with E-state index in [9.17, 15) is 4.79 Å². The molecule has 2 fully saturated rings. The average molecular weight is 329 g/mol. The van der Waals surface area contributed by atoms with Crippen molar-refractivity contribution in [3.05, 3.63) is 35.9 Å². The summed E-state index contributed by atoms with van der Waals surface area (Å²) in [5.74, 6) is 0.328. The number of piperazine rings is 1. The fourth-order valence-corrected chi connectivity index (χ4v) is 4.28. The number of amides is 1. The molecular weight excluding hydrogens is 298 g/mol. The first-order valence-electron chi connectivity index (χ1n) is 9.42. The Morgan fingerprint density at radius 2 is 1.62 bits per heavy atom. The van der Waals surface area contributed by atoms with Crippen LogP contribution >= 0.6 is 0 Å². The van der Waals surface area contributed by atoms with Crippen LogP contribution in [0.1, 0.15) is 38.2 Å². The van der Waals surface area contributed by atoms with Crippen LogP contribution in [0.3, 0.4) is 0 Å². The Morgan fingerprint density at radius 3 is 2.21 bits per heavy atom. The fraction of sp³-hybridized carbons (Fsp3) is 0.650. The molecule has 0 N–H and O–H groups in total. The fourth-order valence-electron chi connectivity index (χ4n) is 4.28. The first-order valence-corrected chi connectivity index (χ1v) is 9.42. The van der Waals surface area contributed by atoms with Crippen molar-refractivity contribution in [2.24, 2.45) is 0 Å². The van der Waals surface area contributed by atoms with E-state index in [0.717, 1.165) is 45.7 Å². The zero-order valence-corrected chi connectivity index (χ0v) is 15.2. The van der Waals surface area contributed by atoms with Crippen LogP contribution in [0, 0.1) is 0 Å². The molecule has 2 aliphatic heterocycles. The number of hydrogen-bond acceptors (Lipinski definition) is 3. The minimum Gasteiger partial charge on any atom is -0.340 e. The van der Waals surface area contributed by atoms with Gasteiger partial charge < -0.3 is 9.80 Å². The molecule has 0 bridgehead atoms. The lowest BCUT2D eigenvalue weighted by molar-refractivity contribution is -0.134. The maximum Gasteiger partial charge on any atom is 0.222 e.